The second-order valence-corrected chi connectivity index (χ2v) is 10.5. The van der Waals surface area contributed by atoms with Gasteiger partial charge in [-0.2, -0.15) is 0 Å². The van der Waals surface area contributed by atoms with Crippen molar-refractivity contribution in [2.45, 2.75) is 63.6 Å². The van der Waals surface area contributed by atoms with Crippen LogP contribution in [0, 0.1) is 5.92 Å². The van der Waals surface area contributed by atoms with Crippen LogP contribution in [0.2, 0.25) is 0 Å². The smallest absolute Gasteiger partial charge is 0.407 e. The van der Waals surface area contributed by atoms with Crippen LogP contribution in [0.4, 0.5) is 9.59 Å². The molecule has 2 aliphatic carbocycles. The molecule has 8 heteroatoms. The van der Waals surface area contributed by atoms with Gasteiger partial charge in [-0.15, -0.1) is 0 Å². The molecule has 3 atom stereocenters. The van der Waals surface area contributed by atoms with Crippen molar-refractivity contribution in [3.05, 3.63) is 59.7 Å². The van der Waals surface area contributed by atoms with Crippen LogP contribution in [0.3, 0.4) is 0 Å². The zero-order valence-electron chi connectivity index (χ0n) is 21.3. The van der Waals surface area contributed by atoms with E-state index in [-0.39, 0.29) is 30.4 Å². The number of benzene rings is 2. The molecule has 36 heavy (non-hydrogen) atoms. The summed E-state index contributed by atoms with van der Waals surface area (Å²) in [7, 11) is 1.60. The highest BCUT2D eigenvalue weighted by Gasteiger charge is 2.37. The molecule has 1 fully saturated rings. The third-order valence-electron chi connectivity index (χ3n) is 6.82. The van der Waals surface area contributed by atoms with Gasteiger partial charge in [0.05, 0.1) is 12.1 Å². The van der Waals surface area contributed by atoms with E-state index in [1.54, 1.807) is 27.8 Å². The minimum atomic E-state index is -0.658. The molecule has 4 rings (SSSR count). The Kier molecular flexibility index (Phi) is 7.52. The van der Waals surface area contributed by atoms with Crippen molar-refractivity contribution in [2.24, 2.45) is 5.92 Å². The fourth-order valence-electron chi connectivity index (χ4n) is 5.20. The number of hydrogen-bond donors (Lipinski definition) is 3. The molecule has 0 spiro atoms. The van der Waals surface area contributed by atoms with Crippen LogP contribution >= 0.6 is 0 Å². The molecular formula is C28H35N3O5. The molecule has 3 amide bonds. The molecule has 0 aliphatic heterocycles. The van der Waals surface area contributed by atoms with Crippen molar-refractivity contribution in [3.63, 3.8) is 0 Å². The average molecular weight is 494 g/mol. The first-order valence-electron chi connectivity index (χ1n) is 12.5. The Morgan fingerprint density at radius 3 is 2.03 bits per heavy atom. The maximum atomic E-state index is 12.9. The summed E-state index contributed by atoms with van der Waals surface area (Å²) in [6.45, 7) is 5.56. The molecule has 2 aromatic carbocycles. The summed E-state index contributed by atoms with van der Waals surface area (Å²) in [6, 6.07) is 15.5. The third kappa shape index (κ3) is 5.80. The van der Waals surface area contributed by atoms with Gasteiger partial charge in [0.25, 0.3) is 0 Å². The Labute approximate surface area is 212 Å². The van der Waals surface area contributed by atoms with E-state index in [1.807, 2.05) is 24.3 Å². The zero-order chi connectivity index (χ0) is 25.9. The lowest BCUT2D eigenvalue weighted by Gasteiger charge is -2.36. The minimum absolute atomic E-state index is 0.0391. The average Bonchev–Trinajstić information content (AvgIpc) is 3.16. The number of carbonyl (C=O) groups excluding carboxylic acids is 3. The molecular weight excluding hydrogens is 458 g/mol. The van der Waals surface area contributed by atoms with Crippen molar-refractivity contribution < 1.29 is 23.9 Å². The lowest BCUT2D eigenvalue weighted by Crippen LogP contribution is -2.56. The van der Waals surface area contributed by atoms with Crippen molar-refractivity contribution in [2.75, 3.05) is 13.7 Å². The first-order chi connectivity index (χ1) is 17.2. The standard InChI is InChI=1S/C28H35N3O5/c1-28(2,3)36-27(34)31-24-15-17(25(32)29-4)13-14-23(24)30-26(33)35-16-22-20-11-7-5-9-18(20)19-10-6-8-12-21(19)22/h5-12,17,22-24H,13-16H2,1-4H3,(H,29,32)(H,30,33)(H,31,34). The number of nitrogens with one attached hydrogen (secondary N) is 3. The molecule has 192 valence electrons. The van der Waals surface area contributed by atoms with Gasteiger partial charge in [0.2, 0.25) is 5.91 Å². The fourth-order valence-corrected chi connectivity index (χ4v) is 5.20. The van der Waals surface area contributed by atoms with Crippen LogP contribution < -0.4 is 16.0 Å². The number of amides is 3. The van der Waals surface area contributed by atoms with E-state index in [9.17, 15) is 14.4 Å². The van der Waals surface area contributed by atoms with Gasteiger partial charge in [0.1, 0.15) is 12.2 Å². The zero-order valence-corrected chi connectivity index (χ0v) is 21.3. The minimum Gasteiger partial charge on any atom is -0.449 e. The molecule has 0 aromatic heterocycles. The van der Waals surface area contributed by atoms with E-state index in [4.69, 9.17) is 9.47 Å². The summed E-state index contributed by atoms with van der Waals surface area (Å²) in [4.78, 5) is 37.6. The Morgan fingerprint density at radius 1 is 0.861 bits per heavy atom. The third-order valence-corrected chi connectivity index (χ3v) is 6.82. The van der Waals surface area contributed by atoms with Crippen LogP contribution in [-0.2, 0) is 14.3 Å². The van der Waals surface area contributed by atoms with Gasteiger partial charge < -0.3 is 25.4 Å². The van der Waals surface area contributed by atoms with Gasteiger partial charge in [-0.05, 0) is 62.3 Å². The van der Waals surface area contributed by atoms with Crippen LogP contribution in [0.15, 0.2) is 48.5 Å². The monoisotopic (exact) mass is 493 g/mol. The summed E-state index contributed by atoms with van der Waals surface area (Å²) in [5, 5.41) is 8.45. The first kappa shape index (κ1) is 25.5. The Hall–Kier alpha value is -3.55. The van der Waals surface area contributed by atoms with Crippen LogP contribution in [0.5, 0.6) is 0 Å². The Bertz CT molecular complexity index is 1080. The summed E-state index contributed by atoms with van der Waals surface area (Å²) in [5.74, 6) is -0.371. The highest BCUT2D eigenvalue weighted by atomic mass is 16.6. The van der Waals surface area contributed by atoms with E-state index < -0.39 is 23.8 Å². The van der Waals surface area contributed by atoms with Gasteiger partial charge in [-0.25, -0.2) is 9.59 Å². The van der Waals surface area contributed by atoms with Gasteiger partial charge in [-0.1, -0.05) is 48.5 Å². The van der Waals surface area contributed by atoms with Gasteiger partial charge >= 0.3 is 12.2 Å². The van der Waals surface area contributed by atoms with E-state index in [2.05, 4.69) is 40.2 Å². The first-order valence-corrected chi connectivity index (χ1v) is 12.5. The molecule has 3 unspecified atom stereocenters. The van der Waals surface area contributed by atoms with E-state index in [0.29, 0.717) is 19.3 Å². The second-order valence-electron chi connectivity index (χ2n) is 10.5. The molecule has 0 heterocycles. The number of hydrogen-bond acceptors (Lipinski definition) is 5. The summed E-state index contributed by atoms with van der Waals surface area (Å²) in [5.41, 5.74) is 3.95. The summed E-state index contributed by atoms with van der Waals surface area (Å²) >= 11 is 0. The molecule has 0 bridgehead atoms. The van der Waals surface area contributed by atoms with E-state index in [0.717, 1.165) is 22.3 Å². The maximum Gasteiger partial charge on any atom is 0.407 e. The predicted molar refractivity (Wildman–Crippen MR) is 137 cm³/mol. The highest BCUT2D eigenvalue weighted by molar-refractivity contribution is 5.80. The number of alkyl carbamates (subject to hydrolysis) is 2. The number of rotatable bonds is 5. The molecule has 2 aromatic rings. The molecule has 2 aliphatic rings. The maximum absolute atomic E-state index is 12.9. The predicted octanol–water partition coefficient (Wildman–Crippen LogP) is 4.33. The number of fused-ring (bicyclic) bond motifs is 3. The summed E-state index contributed by atoms with van der Waals surface area (Å²) in [6.07, 6.45) is 0.400. The van der Waals surface area contributed by atoms with Crippen molar-refractivity contribution in [1.82, 2.24) is 16.0 Å². The van der Waals surface area contributed by atoms with Crippen LogP contribution in [-0.4, -0.2) is 49.4 Å². The van der Waals surface area contributed by atoms with Crippen molar-refractivity contribution in [1.29, 1.82) is 0 Å². The van der Waals surface area contributed by atoms with Crippen LogP contribution in [0.1, 0.15) is 57.1 Å². The van der Waals surface area contributed by atoms with Gasteiger partial charge in [0, 0.05) is 18.9 Å². The molecule has 1 saturated carbocycles. The Morgan fingerprint density at radius 2 is 1.44 bits per heavy atom. The lowest BCUT2D eigenvalue weighted by atomic mass is 9.82. The molecule has 3 N–H and O–H groups in total. The Balaban J connectivity index is 1.41. The molecule has 0 radical (unpaired) electrons. The number of carbonyl (C=O) groups is 3. The van der Waals surface area contributed by atoms with Crippen LogP contribution in [0.25, 0.3) is 11.1 Å². The normalized spacial score (nSPS) is 21.1. The van der Waals surface area contributed by atoms with Crippen molar-refractivity contribution in [3.8, 4) is 11.1 Å². The second kappa shape index (κ2) is 10.6. The SMILES string of the molecule is CNC(=O)C1CCC(NC(=O)OCC2c3ccccc3-c3ccccc32)C(NC(=O)OC(C)(C)C)C1. The fraction of sp³-hybridized carbons (Fsp3) is 0.464. The largest absolute Gasteiger partial charge is 0.449 e. The van der Waals surface area contributed by atoms with Crippen molar-refractivity contribution >= 4 is 18.1 Å². The lowest BCUT2D eigenvalue weighted by molar-refractivity contribution is -0.125. The summed E-state index contributed by atoms with van der Waals surface area (Å²) < 4.78 is 11.1. The molecule has 0 saturated heterocycles. The quantitative estimate of drug-likeness (QED) is 0.575. The highest BCUT2D eigenvalue weighted by Crippen LogP contribution is 2.44. The van der Waals surface area contributed by atoms with E-state index >= 15 is 0 Å². The van der Waals surface area contributed by atoms with Gasteiger partial charge in [0.15, 0.2) is 0 Å². The van der Waals surface area contributed by atoms with Gasteiger partial charge in [-0.3, -0.25) is 4.79 Å². The van der Waals surface area contributed by atoms with E-state index in [1.165, 1.54) is 0 Å². The topological polar surface area (TPSA) is 106 Å². The molecule has 8 nitrogen and oxygen atoms in total. The number of ether oxygens (including phenoxy) is 2.